The van der Waals surface area contributed by atoms with Gasteiger partial charge in [-0.2, -0.15) is 0 Å². The standard InChI is InChI=1S/C7H10Cl3O/c8-7(9,10)6(11)4-2-1-3-5-6/h1-5H2. The van der Waals surface area contributed by atoms with Gasteiger partial charge in [0.2, 0.25) is 3.79 Å². The van der Waals surface area contributed by atoms with Crippen molar-refractivity contribution in [3.8, 4) is 0 Å². The van der Waals surface area contributed by atoms with Crippen LogP contribution in [0, 0.1) is 0 Å². The molecule has 0 aromatic heterocycles. The lowest BCUT2D eigenvalue weighted by molar-refractivity contribution is -0.0549. The molecular weight excluding hydrogens is 206 g/mol. The molecule has 0 bridgehead atoms. The molecule has 0 aliphatic heterocycles. The van der Waals surface area contributed by atoms with Crippen molar-refractivity contribution in [2.24, 2.45) is 0 Å². The summed E-state index contributed by atoms with van der Waals surface area (Å²) in [6.07, 6.45) is 3.84. The second kappa shape index (κ2) is 3.29. The highest BCUT2D eigenvalue weighted by atomic mass is 35.6. The Hall–Kier alpha value is 0.830. The van der Waals surface area contributed by atoms with Gasteiger partial charge in [0.15, 0.2) is 5.60 Å². The summed E-state index contributed by atoms with van der Waals surface area (Å²) in [5.41, 5.74) is -1.34. The average molecular weight is 217 g/mol. The predicted octanol–water partition coefficient (Wildman–Crippen LogP) is 3.49. The van der Waals surface area contributed by atoms with Crippen LogP contribution in [-0.4, -0.2) is 9.39 Å². The van der Waals surface area contributed by atoms with Crippen molar-refractivity contribution in [1.29, 1.82) is 0 Å². The minimum Gasteiger partial charge on any atom is -0.225 e. The first kappa shape index (κ1) is 9.91. The van der Waals surface area contributed by atoms with Crippen molar-refractivity contribution in [2.75, 3.05) is 0 Å². The van der Waals surface area contributed by atoms with Gasteiger partial charge < -0.3 is 0 Å². The van der Waals surface area contributed by atoms with Crippen molar-refractivity contribution in [1.82, 2.24) is 0 Å². The van der Waals surface area contributed by atoms with E-state index in [9.17, 15) is 5.11 Å². The van der Waals surface area contributed by atoms with Gasteiger partial charge in [-0.1, -0.05) is 54.1 Å². The van der Waals surface area contributed by atoms with Crippen LogP contribution in [0.15, 0.2) is 0 Å². The quantitative estimate of drug-likeness (QED) is 0.553. The zero-order chi connectivity index (χ0) is 8.54. The van der Waals surface area contributed by atoms with E-state index in [-0.39, 0.29) is 0 Å². The Morgan fingerprint density at radius 1 is 1.00 bits per heavy atom. The highest BCUT2D eigenvalue weighted by Crippen LogP contribution is 2.46. The average Bonchev–Trinajstić information content (AvgIpc) is 1.87. The van der Waals surface area contributed by atoms with Gasteiger partial charge in [-0.05, 0) is 12.8 Å². The van der Waals surface area contributed by atoms with Crippen LogP contribution in [-0.2, 0) is 5.11 Å². The van der Waals surface area contributed by atoms with Crippen LogP contribution in [0.25, 0.3) is 0 Å². The first-order chi connectivity index (χ1) is 4.96. The molecule has 1 aliphatic carbocycles. The van der Waals surface area contributed by atoms with Gasteiger partial charge in [0, 0.05) is 0 Å². The van der Waals surface area contributed by atoms with Crippen LogP contribution in [0.4, 0.5) is 0 Å². The van der Waals surface area contributed by atoms with Crippen molar-refractivity contribution >= 4 is 34.8 Å². The molecule has 0 amide bonds. The summed E-state index contributed by atoms with van der Waals surface area (Å²) in [5.74, 6) is 0. The molecule has 1 nitrogen and oxygen atoms in total. The lowest BCUT2D eigenvalue weighted by Crippen LogP contribution is -2.43. The van der Waals surface area contributed by atoms with Gasteiger partial charge in [-0.15, -0.1) is 0 Å². The Balaban J connectivity index is 2.64. The Morgan fingerprint density at radius 2 is 1.45 bits per heavy atom. The Labute approximate surface area is 81.6 Å². The lowest BCUT2D eigenvalue weighted by atomic mass is 9.86. The molecule has 1 rings (SSSR count). The smallest absolute Gasteiger partial charge is 0.222 e. The molecule has 1 saturated carbocycles. The monoisotopic (exact) mass is 215 g/mol. The van der Waals surface area contributed by atoms with Crippen LogP contribution in [0.1, 0.15) is 32.1 Å². The van der Waals surface area contributed by atoms with Gasteiger partial charge in [-0.3, -0.25) is 0 Å². The topological polar surface area (TPSA) is 19.9 Å². The van der Waals surface area contributed by atoms with Crippen molar-refractivity contribution in [2.45, 2.75) is 41.5 Å². The van der Waals surface area contributed by atoms with Crippen LogP contribution in [0.5, 0.6) is 0 Å². The fraction of sp³-hybridized carbons (Fsp3) is 1.00. The van der Waals surface area contributed by atoms with Gasteiger partial charge >= 0.3 is 0 Å². The molecular formula is C7H10Cl3O. The molecule has 0 heterocycles. The molecule has 65 valence electrons. The molecule has 0 saturated heterocycles. The van der Waals surface area contributed by atoms with E-state index >= 15 is 0 Å². The maximum absolute atomic E-state index is 11.7. The fourth-order valence-electron chi connectivity index (χ4n) is 1.41. The van der Waals surface area contributed by atoms with Gasteiger partial charge in [0.1, 0.15) is 0 Å². The zero-order valence-corrected chi connectivity index (χ0v) is 8.35. The maximum Gasteiger partial charge on any atom is 0.222 e. The molecule has 1 aliphatic rings. The molecule has 0 aromatic rings. The first-order valence-electron chi connectivity index (χ1n) is 3.73. The highest BCUT2D eigenvalue weighted by Gasteiger charge is 2.49. The Morgan fingerprint density at radius 3 is 1.73 bits per heavy atom. The maximum atomic E-state index is 11.7. The summed E-state index contributed by atoms with van der Waals surface area (Å²) < 4.78 is -1.63. The largest absolute Gasteiger partial charge is 0.225 e. The molecule has 1 fully saturated rings. The van der Waals surface area contributed by atoms with E-state index in [1.807, 2.05) is 0 Å². The van der Waals surface area contributed by atoms with E-state index in [2.05, 4.69) is 0 Å². The van der Waals surface area contributed by atoms with E-state index in [0.29, 0.717) is 12.8 Å². The minimum atomic E-state index is -1.63. The third-order valence-electron chi connectivity index (χ3n) is 2.18. The highest BCUT2D eigenvalue weighted by molar-refractivity contribution is 6.68. The fourth-order valence-corrected chi connectivity index (χ4v) is 1.97. The van der Waals surface area contributed by atoms with Crippen molar-refractivity contribution in [3.05, 3.63) is 0 Å². The molecule has 0 unspecified atom stereocenters. The predicted molar refractivity (Wildman–Crippen MR) is 46.8 cm³/mol. The molecule has 0 spiro atoms. The normalized spacial score (nSPS) is 25.1. The number of rotatable bonds is 0. The number of hydrogen-bond acceptors (Lipinski definition) is 0. The second-order valence-corrected chi connectivity index (χ2v) is 5.33. The van der Waals surface area contributed by atoms with E-state index in [1.165, 1.54) is 0 Å². The third-order valence-corrected chi connectivity index (χ3v) is 3.21. The minimum absolute atomic E-state index is 0.490. The van der Waals surface area contributed by atoms with Crippen LogP contribution < -0.4 is 0 Å². The summed E-state index contributed by atoms with van der Waals surface area (Å²) >= 11 is 16.7. The second-order valence-electron chi connectivity index (χ2n) is 3.05. The third kappa shape index (κ3) is 2.15. The first-order valence-corrected chi connectivity index (χ1v) is 4.86. The van der Waals surface area contributed by atoms with Crippen molar-refractivity contribution < 1.29 is 5.11 Å². The molecule has 11 heavy (non-hydrogen) atoms. The Kier molecular flexibility index (Phi) is 2.97. The summed E-state index contributed by atoms with van der Waals surface area (Å²) in [5, 5.41) is 11.7. The number of hydrogen-bond donors (Lipinski definition) is 0. The van der Waals surface area contributed by atoms with E-state index in [4.69, 9.17) is 34.8 Å². The van der Waals surface area contributed by atoms with E-state index in [0.717, 1.165) is 19.3 Å². The molecule has 0 N–H and O–H groups in total. The van der Waals surface area contributed by atoms with Crippen LogP contribution in [0.3, 0.4) is 0 Å². The van der Waals surface area contributed by atoms with Crippen molar-refractivity contribution in [3.63, 3.8) is 0 Å². The molecule has 1 radical (unpaired) electrons. The van der Waals surface area contributed by atoms with E-state index in [1.54, 1.807) is 0 Å². The zero-order valence-electron chi connectivity index (χ0n) is 6.08. The number of halogens is 3. The SMILES string of the molecule is [O]C1(C(Cl)(Cl)Cl)CCCCC1. The summed E-state index contributed by atoms with van der Waals surface area (Å²) in [4.78, 5) is 0. The summed E-state index contributed by atoms with van der Waals surface area (Å²) in [6.45, 7) is 0. The molecule has 0 aromatic carbocycles. The number of alkyl halides is 3. The summed E-state index contributed by atoms with van der Waals surface area (Å²) in [6, 6.07) is 0. The van der Waals surface area contributed by atoms with Crippen LogP contribution >= 0.6 is 34.8 Å². The molecule has 0 atom stereocenters. The molecule has 4 heteroatoms. The van der Waals surface area contributed by atoms with Gasteiger partial charge in [0.05, 0.1) is 0 Å². The summed E-state index contributed by atoms with van der Waals surface area (Å²) in [7, 11) is 0. The van der Waals surface area contributed by atoms with Gasteiger partial charge in [-0.25, -0.2) is 5.11 Å². The van der Waals surface area contributed by atoms with Crippen LogP contribution in [0.2, 0.25) is 0 Å². The Bertz CT molecular complexity index is 135. The van der Waals surface area contributed by atoms with Gasteiger partial charge in [0.25, 0.3) is 0 Å². The van der Waals surface area contributed by atoms with E-state index < -0.39 is 9.39 Å². The lowest BCUT2D eigenvalue weighted by Gasteiger charge is -2.35.